The third-order valence-electron chi connectivity index (χ3n) is 2.15. The van der Waals surface area contributed by atoms with E-state index in [0.29, 0.717) is 6.04 Å². The zero-order chi connectivity index (χ0) is 9.10. The van der Waals surface area contributed by atoms with Gasteiger partial charge < -0.3 is 10.1 Å². The molecule has 0 amide bonds. The molecule has 3 heteroatoms. The quantitative estimate of drug-likeness (QED) is 0.759. The molecule has 0 aromatic heterocycles. The van der Waals surface area contributed by atoms with Gasteiger partial charge in [0, 0.05) is 6.54 Å². The van der Waals surface area contributed by atoms with Gasteiger partial charge in [-0.3, -0.25) is 0 Å². The smallest absolute Gasteiger partial charge is 0.123 e. The third kappa shape index (κ3) is 2.26. The average Bonchev–Trinajstić information content (AvgIpc) is 2.05. The average molecular weight is 181 g/mol. The molecule has 0 radical (unpaired) electrons. The zero-order valence-corrected chi connectivity index (χ0v) is 7.29. The van der Waals surface area contributed by atoms with Gasteiger partial charge in [0.05, 0.1) is 19.3 Å². The first-order valence-corrected chi connectivity index (χ1v) is 4.40. The van der Waals surface area contributed by atoms with Crippen molar-refractivity contribution >= 4 is 0 Å². The summed E-state index contributed by atoms with van der Waals surface area (Å²) in [5.74, 6) is -0.185. The Labute approximate surface area is 76.7 Å². The number of rotatable bonds is 3. The van der Waals surface area contributed by atoms with Crippen LogP contribution in [0, 0.1) is 5.82 Å². The SMILES string of the molecule is Fc1ccc(CNC2COC2)cc1. The van der Waals surface area contributed by atoms with Crippen molar-refractivity contribution in [1.82, 2.24) is 5.32 Å². The largest absolute Gasteiger partial charge is 0.378 e. The maximum Gasteiger partial charge on any atom is 0.123 e. The van der Waals surface area contributed by atoms with E-state index in [1.807, 2.05) is 0 Å². The summed E-state index contributed by atoms with van der Waals surface area (Å²) in [7, 11) is 0. The van der Waals surface area contributed by atoms with E-state index < -0.39 is 0 Å². The molecule has 0 spiro atoms. The van der Waals surface area contributed by atoms with Crippen molar-refractivity contribution in [1.29, 1.82) is 0 Å². The Bertz CT molecular complexity index is 269. The van der Waals surface area contributed by atoms with Gasteiger partial charge in [-0.25, -0.2) is 4.39 Å². The molecule has 2 nitrogen and oxygen atoms in total. The highest BCUT2D eigenvalue weighted by molar-refractivity contribution is 5.15. The van der Waals surface area contributed by atoms with Gasteiger partial charge in [-0.05, 0) is 17.7 Å². The van der Waals surface area contributed by atoms with Crippen LogP contribution in [0.1, 0.15) is 5.56 Å². The van der Waals surface area contributed by atoms with Gasteiger partial charge in [-0.2, -0.15) is 0 Å². The van der Waals surface area contributed by atoms with Gasteiger partial charge in [0.1, 0.15) is 5.82 Å². The lowest BCUT2D eigenvalue weighted by atomic mass is 10.2. The zero-order valence-electron chi connectivity index (χ0n) is 7.29. The molecule has 0 aliphatic carbocycles. The molecule has 0 bridgehead atoms. The molecule has 1 heterocycles. The van der Waals surface area contributed by atoms with Gasteiger partial charge in [0.25, 0.3) is 0 Å². The first-order valence-electron chi connectivity index (χ1n) is 4.40. The minimum absolute atomic E-state index is 0.185. The Balaban J connectivity index is 1.83. The summed E-state index contributed by atoms with van der Waals surface area (Å²) in [6, 6.07) is 7.02. The fourth-order valence-electron chi connectivity index (χ4n) is 1.22. The molecule has 1 aromatic carbocycles. The fourth-order valence-corrected chi connectivity index (χ4v) is 1.22. The number of nitrogens with one attached hydrogen (secondary N) is 1. The number of hydrogen-bond donors (Lipinski definition) is 1. The van der Waals surface area contributed by atoms with Gasteiger partial charge in [0.2, 0.25) is 0 Å². The van der Waals surface area contributed by atoms with Crippen LogP contribution in [0.15, 0.2) is 24.3 Å². The van der Waals surface area contributed by atoms with Gasteiger partial charge >= 0.3 is 0 Å². The summed E-state index contributed by atoms with van der Waals surface area (Å²) >= 11 is 0. The topological polar surface area (TPSA) is 21.3 Å². The van der Waals surface area contributed by atoms with Gasteiger partial charge in [-0.15, -0.1) is 0 Å². The number of halogens is 1. The maximum atomic E-state index is 12.5. The van der Waals surface area contributed by atoms with Crippen LogP contribution in [0.2, 0.25) is 0 Å². The van der Waals surface area contributed by atoms with Gasteiger partial charge in [-0.1, -0.05) is 12.1 Å². The summed E-state index contributed by atoms with van der Waals surface area (Å²) in [4.78, 5) is 0. The van der Waals surface area contributed by atoms with E-state index in [0.717, 1.165) is 25.3 Å². The van der Waals surface area contributed by atoms with Crippen molar-refractivity contribution in [3.63, 3.8) is 0 Å². The molecular formula is C10H12FNO. The Morgan fingerprint density at radius 3 is 2.54 bits per heavy atom. The van der Waals surface area contributed by atoms with Crippen LogP contribution < -0.4 is 5.32 Å². The van der Waals surface area contributed by atoms with E-state index in [-0.39, 0.29) is 5.82 Å². The summed E-state index contributed by atoms with van der Waals surface area (Å²) in [6.45, 7) is 2.37. The molecule has 0 atom stereocenters. The molecule has 13 heavy (non-hydrogen) atoms. The van der Waals surface area contributed by atoms with Crippen LogP contribution in [0.5, 0.6) is 0 Å². The molecule has 70 valence electrons. The molecule has 1 saturated heterocycles. The summed E-state index contributed by atoms with van der Waals surface area (Å²) in [5, 5.41) is 3.31. The molecule has 1 aliphatic rings. The van der Waals surface area contributed by atoms with Crippen LogP contribution in [0.3, 0.4) is 0 Å². The van der Waals surface area contributed by atoms with E-state index in [9.17, 15) is 4.39 Å². The van der Waals surface area contributed by atoms with Gasteiger partial charge in [0.15, 0.2) is 0 Å². The van der Waals surface area contributed by atoms with E-state index in [1.165, 1.54) is 12.1 Å². The lowest BCUT2D eigenvalue weighted by molar-refractivity contribution is -0.00578. The van der Waals surface area contributed by atoms with E-state index >= 15 is 0 Å². The maximum absolute atomic E-state index is 12.5. The van der Waals surface area contributed by atoms with Crippen LogP contribution in [0.25, 0.3) is 0 Å². The second-order valence-electron chi connectivity index (χ2n) is 3.24. The molecule has 1 N–H and O–H groups in total. The molecule has 1 fully saturated rings. The normalized spacial score (nSPS) is 17.0. The molecule has 1 aliphatic heterocycles. The Morgan fingerprint density at radius 1 is 1.31 bits per heavy atom. The highest BCUT2D eigenvalue weighted by Gasteiger charge is 2.16. The Kier molecular flexibility index (Phi) is 2.57. The molecule has 1 aromatic rings. The van der Waals surface area contributed by atoms with Crippen molar-refractivity contribution in [3.8, 4) is 0 Å². The molecule has 0 saturated carbocycles. The number of ether oxygens (including phenoxy) is 1. The van der Waals surface area contributed by atoms with Crippen molar-refractivity contribution in [2.75, 3.05) is 13.2 Å². The van der Waals surface area contributed by atoms with E-state index in [1.54, 1.807) is 12.1 Å². The third-order valence-corrected chi connectivity index (χ3v) is 2.15. The predicted octanol–water partition coefficient (Wildman–Crippen LogP) is 1.31. The lowest BCUT2D eigenvalue weighted by Gasteiger charge is -2.26. The van der Waals surface area contributed by atoms with E-state index in [2.05, 4.69) is 5.32 Å². The van der Waals surface area contributed by atoms with Crippen molar-refractivity contribution in [3.05, 3.63) is 35.6 Å². The standard InChI is InChI=1S/C10H12FNO/c11-9-3-1-8(2-4-9)5-12-10-6-13-7-10/h1-4,10,12H,5-7H2. The van der Waals surface area contributed by atoms with Crippen LogP contribution >= 0.6 is 0 Å². The lowest BCUT2D eigenvalue weighted by Crippen LogP contribution is -2.45. The van der Waals surface area contributed by atoms with Crippen LogP contribution in [0.4, 0.5) is 4.39 Å². The highest BCUT2D eigenvalue weighted by Crippen LogP contribution is 2.05. The first-order chi connectivity index (χ1) is 6.34. The molecular weight excluding hydrogens is 169 g/mol. The highest BCUT2D eigenvalue weighted by atomic mass is 19.1. The van der Waals surface area contributed by atoms with Crippen molar-refractivity contribution in [2.45, 2.75) is 12.6 Å². The monoisotopic (exact) mass is 181 g/mol. The van der Waals surface area contributed by atoms with Crippen molar-refractivity contribution < 1.29 is 9.13 Å². The van der Waals surface area contributed by atoms with Crippen molar-refractivity contribution in [2.24, 2.45) is 0 Å². The van der Waals surface area contributed by atoms with Crippen LogP contribution in [-0.4, -0.2) is 19.3 Å². The Morgan fingerprint density at radius 2 is 2.00 bits per heavy atom. The predicted molar refractivity (Wildman–Crippen MR) is 47.8 cm³/mol. The molecule has 0 unspecified atom stereocenters. The fraction of sp³-hybridized carbons (Fsp3) is 0.400. The summed E-state index contributed by atoms with van der Waals surface area (Å²) in [5.41, 5.74) is 1.10. The second kappa shape index (κ2) is 3.85. The molecule has 2 rings (SSSR count). The minimum atomic E-state index is -0.185. The summed E-state index contributed by atoms with van der Waals surface area (Å²) < 4.78 is 17.5. The van der Waals surface area contributed by atoms with Crippen LogP contribution in [-0.2, 0) is 11.3 Å². The summed E-state index contributed by atoms with van der Waals surface area (Å²) in [6.07, 6.45) is 0. The number of hydrogen-bond acceptors (Lipinski definition) is 2. The first kappa shape index (κ1) is 8.66. The van der Waals surface area contributed by atoms with E-state index in [4.69, 9.17) is 4.74 Å². The second-order valence-corrected chi connectivity index (χ2v) is 3.24. The number of benzene rings is 1. The Hall–Kier alpha value is -0.930. The minimum Gasteiger partial charge on any atom is -0.378 e.